The summed E-state index contributed by atoms with van der Waals surface area (Å²) < 4.78 is 27.9. The summed E-state index contributed by atoms with van der Waals surface area (Å²) in [6.45, 7) is 1.93. The zero-order valence-electron chi connectivity index (χ0n) is 13.4. The Morgan fingerprint density at radius 1 is 1.12 bits per heavy atom. The summed E-state index contributed by atoms with van der Waals surface area (Å²) in [4.78, 5) is 14.1. The number of nitrogens with one attached hydrogen (secondary N) is 1. The zero-order chi connectivity index (χ0) is 17.7. The predicted molar refractivity (Wildman–Crippen MR) is 96.8 cm³/mol. The van der Waals surface area contributed by atoms with E-state index in [1.165, 1.54) is 17.0 Å². The molecule has 0 aliphatic carbocycles. The van der Waals surface area contributed by atoms with Gasteiger partial charge in [-0.05, 0) is 30.7 Å². The van der Waals surface area contributed by atoms with Crippen molar-refractivity contribution in [1.82, 2.24) is 9.62 Å². The lowest BCUT2D eigenvalue weighted by molar-refractivity contribution is -0.131. The summed E-state index contributed by atoms with van der Waals surface area (Å²) in [7, 11) is -2.08. The first kappa shape index (κ1) is 18.6. The molecule has 2 aromatic carbocycles. The highest BCUT2D eigenvalue weighted by Crippen LogP contribution is 2.17. The molecule has 2 aromatic rings. The number of hydrogen-bond acceptors (Lipinski definition) is 3. The van der Waals surface area contributed by atoms with Gasteiger partial charge in [0.2, 0.25) is 15.9 Å². The van der Waals surface area contributed by atoms with Crippen LogP contribution in [0.15, 0.2) is 64.0 Å². The summed E-state index contributed by atoms with van der Waals surface area (Å²) in [5.41, 5.74) is 0.950. The number of sulfonamides is 1. The van der Waals surface area contributed by atoms with Gasteiger partial charge in [0.1, 0.15) is 0 Å². The molecule has 0 heterocycles. The highest BCUT2D eigenvalue weighted by Gasteiger charge is 2.24. The Bertz CT molecular complexity index is 810. The van der Waals surface area contributed by atoms with Gasteiger partial charge in [0.15, 0.2) is 0 Å². The van der Waals surface area contributed by atoms with E-state index < -0.39 is 16.1 Å². The van der Waals surface area contributed by atoms with Crippen molar-refractivity contribution in [3.63, 3.8) is 0 Å². The predicted octanol–water partition coefficient (Wildman–Crippen LogP) is 2.77. The molecule has 1 atom stereocenters. The average Bonchev–Trinajstić information content (AvgIpc) is 2.56. The molecule has 7 heteroatoms. The summed E-state index contributed by atoms with van der Waals surface area (Å²) in [5.74, 6) is -0.301. The number of carbonyl (C=O) groups excluding carboxylic acids is 1. The van der Waals surface area contributed by atoms with Crippen molar-refractivity contribution in [3.05, 3.63) is 64.6 Å². The third kappa shape index (κ3) is 4.66. The van der Waals surface area contributed by atoms with Crippen molar-refractivity contribution >= 4 is 31.9 Å². The number of halogens is 1. The van der Waals surface area contributed by atoms with Crippen LogP contribution >= 0.6 is 15.9 Å². The van der Waals surface area contributed by atoms with Crippen LogP contribution < -0.4 is 4.72 Å². The molecule has 0 aliphatic rings. The van der Waals surface area contributed by atoms with Crippen LogP contribution in [0.1, 0.15) is 12.5 Å². The van der Waals surface area contributed by atoms with Gasteiger partial charge in [-0.2, -0.15) is 4.72 Å². The fraction of sp³-hybridized carbons (Fsp3) is 0.235. The average molecular weight is 411 g/mol. The molecule has 0 saturated carbocycles. The van der Waals surface area contributed by atoms with E-state index in [4.69, 9.17) is 0 Å². The molecule has 0 spiro atoms. The number of amides is 1. The van der Waals surface area contributed by atoms with Gasteiger partial charge in [0.05, 0.1) is 10.9 Å². The molecule has 128 valence electrons. The van der Waals surface area contributed by atoms with Gasteiger partial charge in [-0.15, -0.1) is 0 Å². The summed E-state index contributed by atoms with van der Waals surface area (Å²) in [6, 6.07) is 14.7. The van der Waals surface area contributed by atoms with E-state index in [-0.39, 0.29) is 10.8 Å². The maximum atomic E-state index is 12.5. The highest BCUT2D eigenvalue weighted by atomic mass is 79.9. The third-order valence-electron chi connectivity index (χ3n) is 3.50. The van der Waals surface area contributed by atoms with E-state index in [1.54, 1.807) is 32.2 Å². The van der Waals surface area contributed by atoms with Crippen LogP contribution in [-0.2, 0) is 21.4 Å². The highest BCUT2D eigenvalue weighted by molar-refractivity contribution is 9.10. The topological polar surface area (TPSA) is 66.5 Å². The van der Waals surface area contributed by atoms with Crippen molar-refractivity contribution in [2.75, 3.05) is 7.05 Å². The molecule has 0 bridgehead atoms. The summed E-state index contributed by atoms with van der Waals surface area (Å²) in [5, 5.41) is 0. The van der Waals surface area contributed by atoms with E-state index >= 15 is 0 Å². The Balaban J connectivity index is 2.05. The Hall–Kier alpha value is -1.70. The van der Waals surface area contributed by atoms with Crippen molar-refractivity contribution in [3.8, 4) is 0 Å². The molecule has 1 unspecified atom stereocenters. The number of hydrogen-bond donors (Lipinski definition) is 1. The molecule has 1 N–H and O–H groups in total. The number of carbonyl (C=O) groups is 1. The van der Waals surface area contributed by atoms with E-state index in [2.05, 4.69) is 20.7 Å². The molecule has 24 heavy (non-hydrogen) atoms. The Labute approximate surface area is 150 Å². The Morgan fingerprint density at radius 3 is 2.33 bits per heavy atom. The van der Waals surface area contributed by atoms with Gasteiger partial charge in [-0.3, -0.25) is 4.79 Å². The first-order valence-electron chi connectivity index (χ1n) is 7.37. The zero-order valence-corrected chi connectivity index (χ0v) is 15.8. The number of likely N-dealkylation sites (N-methyl/N-ethyl adjacent to an activating group) is 1. The van der Waals surface area contributed by atoms with Crippen LogP contribution in [0.5, 0.6) is 0 Å². The van der Waals surface area contributed by atoms with Crippen LogP contribution in [-0.4, -0.2) is 32.3 Å². The molecule has 0 radical (unpaired) electrons. The molecular formula is C17H19BrN2O3S. The smallest absolute Gasteiger partial charge is 0.241 e. The Kier molecular flexibility index (Phi) is 6.15. The van der Waals surface area contributed by atoms with Crippen LogP contribution in [0.2, 0.25) is 0 Å². The van der Waals surface area contributed by atoms with Gasteiger partial charge in [-0.1, -0.05) is 52.3 Å². The first-order valence-corrected chi connectivity index (χ1v) is 9.64. The SMILES string of the molecule is CC(NS(=O)(=O)c1ccccc1)C(=O)N(C)Cc1ccccc1Br. The molecule has 1 amide bonds. The van der Waals surface area contributed by atoms with Crippen LogP contribution in [0, 0.1) is 0 Å². The minimum Gasteiger partial charge on any atom is -0.340 e. The van der Waals surface area contributed by atoms with Gasteiger partial charge >= 0.3 is 0 Å². The maximum Gasteiger partial charge on any atom is 0.241 e. The molecule has 5 nitrogen and oxygen atoms in total. The standard InChI is InChI=1S/C17H19BrN2O3S/c1-13(19-24(22,23)15-9-4-3-5-10-15)17(21)20(2)12-14-8-6-7-11-16(14)18/h3-11,13,19H,12H2,1-2H3. The molecule has 2 rings (SSSR count). The quantitative estimate of drug-likeness (QED) is 0.795. The van der Waals surface area contributed by atoms with E-state index in [0.717, 1.165) is 10.0 Å². The largest absolute Gasteiger partial charge is 0.340 e. The van der Waals surface area contributed by atoms with E-state index in [0.29, 0.717) is 6.54 Å². The second kappa shape index (κ2) is 7.92. The molecule has 0 saturated heterocycles. The number of rotatable bonds is 6. The van der Waals surface area contributed by atoms with Crippen molar-refractivity contribution < 1.29 is 13.2 Å². The van der Waals surface area contributed by atoms with E-state index in [9.17, 15) is 13.2 Å². The van der Waals surface area contributed by atoms with Gasteiger partial charge < -0.3 is 4.90 Å². The van der Waals surface area contributed by atoms with Crippen LogP contribution in [0.3, 0.4) is 0 Å². The van der Waals surface area contributed by atoms with Gasteiger partial charge in [0.25, 0.3) is 0 Å². The van der Waals surface area contributed by atoms with Crippen molar-refractivity contribution in [2.45, 2.75) is 24.4 Å². The fourth-order valence-electron chi connectivity index (χ4n) is 2.24. The molecule has 0 fully saturated rings. The third-order valence-corrected chi connectivity index (χ3v) is 5.83. The molecule has 0 aliphatic heterocycles. The fourth-order valence-corrected chi connectivity index (χ4v) is 3.87. The number of benzene rings is 2. The number of nitrogens with zero attached hydrogens (tertiary/aromatic N) is 1. The van der Waals surface area contributed by atoms with Gasteiger partial charge in [-0.25, -0.2) is 8.42 Å². The lowest BCUT2D eigenvalue weighted by Crippen LogP contribution is -2.45. The molecule has 0 aromatic heterocycles. The lowest BCUT2D eigenvalue weighted by Gasteiger charge is -2.22. The van der Waals surface area contributed by atoms with Crippen LogP contribution in [0.4, 0.5) is 0 Å². The lowest BCUT2D eigenvalue weighted by atomic mass is 10.2. The second-order valence-corrected chi connectivity index (χ2v) is 8.01. The minimum absolute atomic E-state index is 0.137. The van der Waals surface area contributed by atoms with Gasteiger partial charge in [0, 0.05) is 18.1 Å². The normalized spacial score (nSPS) is 12.6. The first-order chi connectivity index (χ1) is 11.3. The second-order valence-electron chi connectivity index (χ2n) is 5.44. The Morgan fingerprint density at radius 2 is 1.71 bits per heavy atom. The monoisotopic (exact) mass is 410 g/mol. The van der Waals surface area contributed by atoms with E-state index in [1.807, 2.05) is 24.3 Å². The minimum atomic E-state index is -3.73. The van der Waals surface area contributed by atoms with Crippen molar-refractivity contribution in [1.29, 1.82) is 0 Å². The van der Waals surface area contributed by atoms with Crippen LogP contribution in [0.25, 0.3) is 0 Å². The summed E-state index contributed by atoms with van der Waals surface area (Å²) >= 11 is 3.44. The maximum absolute atomic E-state index is 12.5. The van der Waals surface area contributed by atoms with Crippen molar-refractivity contribution in [2.24, 2.45) is 0 Å². The molecular weight excluding hydrogens is 392 g/mol. The summed E-state index contributed by atoms with van der Waals surface area (Å²) in [6.07, 6.45) is 0.